The number of aromatic amines is 1. The number of aromatic nitrogens is 1. The molecule has 2 N–H and O–H groups in total. The third kappa shape index (κ3) is 6.04. The first kappa shape index (κ1) is 30.7. The smallest absolute Gasteiger partial charge is 0.338 e. The molecular weight excluding hydrogens is 689 g/mol. The van der Waals surface area contributed by atoms with Crippen molar-refractivity contribution in [2.75, 3.05) is 23.4 Å². The first-order valence-electron chi connectivity index (χ1n) is 13.7. The maximum absolute atomic E-state index is 14.1. The third-order valence-electron chi connectivity index (χ3n) is 7.25. The molecule has 10 nitrogen and oxygen atoms in total. The fourth-order valence-corrected chi connectivity index (χ4v) is 8.22. The van der Waals surface area contributed by atoms with Gasteiger partial charge >= 0.3 is 10.8 Å². The number of nitrogens with zero attached hydrogens (tertiary/aromatic N) is 1. The monoisotopic (exact) mass is 711 g/mol. The number of rotatable bonds is 8. The zero-order valence-corrected chi connectivity index (χ0v) is 26.6. The van der Waals surface area contributed by atoms with E-state index in [1.807, 2.05) is 0 Å². The summed E-state index contributed by atoms with van der Waals surface area (Å²) in [5.41, 5.74) is 1.47. The molecule has 3 aromatic carbocycles. The van der Waals surface area contributed by atoms with Gasteiger partial charge in [-0.3, -0.25) is 19.2 Å². The zero-order chi connectivity index (χ0) is 31.8. The highest BCUT2D eigenvalue weighted by Crippen LogP contribution is 2.54. The number of benzene rings is 3. The maximum Gasteiger partial charge on any atom is 0.338 e. The van der Waals surface area contributed by atoms with Crippen molar-refractivity contribution in [3.05, 3.63) is 103 Å². The van der Waals surface area contributed by atoms with Gasteiger partial charge in [0.25, 0.3) is 5.91 Å². The molecule has 45 heavy (non-hydrogen) atoms. The predicted molar refractivity (Wildman–Crippen MR) is 169 cm³/mol. The van der Waals surface area contributed by atoms with E-state index < -0.39 is 53.2 Å². The van der Waals surface area contributed by atoms with Crippen LogP contribution in [-0.2, 0) is 19.1 Å². The number of thiazole rings is 1. The first-order valence-corrected chi connectivity index (χ1v) is 16.2. The third-order valence-corrected chi connectivity index (χ3v) is 10.1. The van der Waals surface area contributed by atoms with Crippen LogP contribution in [0.25, 0.3) is 0 Å². The molecule has 230 valence electrons. The molecule has 0 spiro atoms. The summed E-state index contributed by atoms with van der Waals surface area (Å²) in [6.45, 7) is 1.50. The second-order valence-corrected chi connectivity index (χ2v) is 13.1. The molecule has 2 aliphatic rings. The molecule has 1 saturated heterocycles. The highest BCUT2D eigenvalue weighted by atomic mass is 79.9. The lowest BCUT2D eigenvalue weighted by Gasteiger charge is -2.31. The van der Waals surface area contributed by atoms with E-state index in [4.69, 9.17) is 9.47 Å². The van der Waals surface area contributed by atoms with E-state index in [0.717, 1.165) is 28.0 Å². The summed E-state index contributed by atoms with van der Waals surface area (Å²) >= 11 is 5.55. The second kappa shape index (κ2) is 12.6. The lowest BCUT2D eigenvalue weighted by molar-refractivity contribution is -0.122. The van der Waals surface area contributed by atoms with Crippen LogP contribution in [0.4, 0.5) is 15.8 Å². The zero-order valence-electron chi connectivity index (χ0n) is 23.4. The van der Waals surface area contributed by atoms with E-state index in [1.165, 1.54) is 48.5 Å². The Labute approximate surface area is 272 Å². The van der Waals surface area contributed by atoms with Gasteiger partial charge in [-0.1, -0.05) is 39.0 Å². The molecular formula is C31H23BrFN3O7S2. The predicted octanol–water partition coefficient (Wildman–Crippen LogP) is 5.33. The molecule has 1 aromatic heterocycles. The Hall–Kier alpha value is -4.27. The summed E-state index contributed by atoms with van der Waals surface area (Å²) in [4.78, 5) is 69.4. The Kier molecular flexibility index (Phi) is 8.62. The lowest BCUT2D eigenvalue weighted by Crippen LogP contribution is -2.32. The number of hydrogen-bond donors (Lipinski definition) is 2. The minimum atomic E-state index is -0.907. The first-order chi connectivity index (χ1) is 21.6. The van der Waals surface area contributed by atoms with Gasteiger partial charge in [0, 0.05) is 26.5 Å². The van der Waals surface area contributed by atoms with Gasteiger partial charge in [0.2, 0.25) is 11.8 Å². The molecule has 3 amide bonds. The fraction of sp³-hybridized carbons (Fsp3) is 0.194. The normalized spacial score (nSPS) is 18.7. The van der Waals surface area contributed by atoms with Gasteiger partial charge in [-0.2, -0.15) is 0 Å². The van der Waals surface area contributed by atoms with Crippen LogP contribution in [0, 0.1) is 11.7 Å². The molecule has 3 atom stereocenters. The van der Waals surface area contributed by atoms with Crippen LogP contribution >= 0.6 is 39.0 Å². The Bertz CT molecular complexity index is 1880. The number of carbonyl (C=O) groups is 4. The summed E-state index contributed by atoms with van der Waals surface area (Å²) in [6, 6.07) is 16.4. The second-order valence-electron chi connectivity index (χ2n) is 10.1. The Morgan fingerprint density at radius 3 is 2.47 bits per heavy atom. The molecule has 14 heteroatoms. The standard InChI is InChI=1S/C31H23BrFN3O7S2/c1-2-42-30(40)15-3-10-19(11-4-15)36-28(38)24-23(25-27(35-31(41)45-25)44-26(24)29(36)39)20-13-16(32)5-12-21(20)43-14-22(37)34-18-8-6-17(33)7-9-18/h3-13,23-24,26H,2,14H2,1H3,(H,34,37)(H,35,41)/t23-,24?,26?/m1/s1. The van der Waals surface area contributed by atoms with Crippen molar-refractivity contribution in [3.63, 3.8) is 0 Å². The molecule has 6 rings (SSSR count). The van der Waals surface area contributed by atoms with Crippen LogP contribution in [0.2, 0.25) is 0 Å². The van der Waals surface area contributed by atoms with E-state index >= 15 is 0 Å². The van der Waals surface area contributed by atoms with Gasteiger partial charge < -0.3 is 19.8 Å². The van der Waals surface area contributed by atoms with Gasteiger partial charge in [-0.25, -0.2) is 14.1 Å². The van der Waals surface area contributed by atoms with Crippen molar-refractivity contribution in [2.45, 2.75) is 23.1 Å². The van der Waals surface area contributed by atoms with Crippen molar-refractivity contribution in [1.82, 2.24) is 4.98 Å². The van der Waals surface area contributed by atoms with Crippen molar-refractivity contribution in [3.8, 4) is 5.75 Å². The number of anilines is 2. The van der Waals surface area contributed by atoms with Gasteiger partial charge in [-0.05, 0) is 73.7 Å². The van der Waals surface area contributed by atoms with Crippen molar-refractivity contribution < 1.29 is 33.0 Å². The van der Waals surface area contributed by atoms with Crippen molar-refractivity contribution in [1.29, 1.82) is 0 Å². The van der Waals surface area contributed by atoms with Crippen molar-refractivity contribution in [2.24, 2.45) is 5.92 Å². The largest absolute Gasteiger partial charge is 0.483 e. The molecule has 0 aliphatic carbocycles. The fourth-order valence-electron chi connectivity index (χ4n) is 5.34. The summed E-state index contributed by atoms with van der Waals surface area (Å²) in [6.07, 6.45) is 0. The summed E-state index contributed by atoms with van der Waals surface area (Å²) in [5.74, 6) is -3.77. The van der Waals surface area contributed by atoms with Crippen LogP contribution in [0.3, 0.4) is 0 Å². The van der Waals surface area contributed by atoms with Gasteiger partial charge in [0.1, 0.15) is 16.8 Å². The average Bonchev–Trinajstić information content (AvgIpc) is 3.51. The molecule has 0 bridgehead atoms. The molecule has 0 saturated carbocycles. The number of esters is 1. The van der Waals surface area contributed by atoms with Crippen LogP contribution in [0.1, 0.15) is 33.6 Å². The Balaban J connectivity index is 1.33. The van der Waals surface area contributed by atoms with E-state index in [2.05, 4.69) is 26.2 Å². The number of hydrogen-bond acceptors (Lipinski definition) is 9. The number of nitrogens with one attached hydrogen (secondary N) is 2. The number of carbonyl (C=O) groups excluding carboxylic acids is 4. The van der Waals surface area contributed by atoms with Gasteiger partial charge in [-0.15, -0.1) is 0 Å². The van der Waals surface area contributed by atoms with Crippen LogP contribution < -0.4 is 19.8 Å². The highest BCUT2D eigenvalue weighted by molar-refractivity contribution is 9.10. The SMILES string of the molecule is CCOC(=O)c1ccc(N2C(=O)C3Sc4[nH]c(=O)sc4[C@H](c4cc(Br)ccc4OCC(=O)Nc4ccc(F)cc4)C3C2=O)cc1. The van der Waals surface area contributed by atoms with Gasteiger partial charge in [0.15, 0.2) is 6.61 Å². The molecule has 3 heterocycles. The van der Waals surface area contributed by atoms with E-state index in [-0.39, 0.29) is 22.8 Å². The van der Waals surface area contributed by atoms with E-state index in [1.54, 1.807) is 25.1 Å². The number of thioether (sulfide) groups is 1. The topological polar surface area (TPSA) is 135 Å². The summed E-state index contributed by atoms with van der Waals surface area (Å²) in [7, 11) is 0. The van der Waals surface area contributed by atoms with E-state index in [9.17, 15) is 28.4 Å². The maximum atomic E-state index is 14.1. The number of H-pyrrole nitrogens is 1. The number of imide groups is 1. The van der Waals surface area contributed by atoms with Crippen molar-refractivity contribution >= 4 is 74.1 Å². The number of ether oxygens (including phenoxy) is 2. The minimum Gasteiger partial charge on any atom is -0.483 e. The molecule has 1 fully saturated rings. The number of halogens is 2. The highest BCUT2D eigenvalue weighted by Gasteiger charge is 2.56. The molecule has 2 unspecified atom stereocenters. The molecule has 4 aromatic rings. The Morgan fingerprint density at radius 1 is 1.02 bits per heavy atom. The quantitative estimate of drug-likeness (QED) is 0.185. The minimum absolute atomic E-state index is 0.206. The van der Waals surface area contributed by atoms with Crippen LogP contribution in [0.5, 0.6) is 5.75 Å². The molecule has 0 radical (unpaired) electrons. The Morgan fingerprint density at radius 2 is 1.76 bits per heavy atom. The molecule has 2 aliphatic heterocycles. The van der Waals surface area contributed by atoms with Crippen LogP contribution in [-0.4, -0.2) is 47.1 Å². The summed E-state index contributed by atoms with van der Waals surface area (Å²) < 4.78 is 24.9. The lowest BCUT2D eigenvalue weighted by atomic mass is 9.82. The van der Waals surface area contributed by atoms with Crippen LogP contribution in [0.15, 0.2) is 81.0 Å². The summed E-state index contributed by atoms with van der Waals surface area (Å²) in [5, 5.41) is 2.26. The number of fused-ring (bicyclic) bond motifs is 2. The average molecular weight is 713 g/mol. The van der Waals surface area contributed by atoms with E-state index in [0.29, 0.717) is 31.3 Å². The number of amides is 3. The van der Waals surface area contributed by atoms with Gasteiger partial charge in [0.05, 0.1) is 28.8 Å².